The van der Waals surface area contributed by atoms with Crippen molar-refractivity contribution >= 4 is 5.91 Å². The lowest BCUT2D eigenvalue weighted by Crippen LogP contribution is -2.27. The maximum absolute atomic E-state index is 11.9. The van der Waals surface area contributed by atoms with E-state index in [0.717, 1.165) is 11.3 Å². The predicted octanol–water partition coefficient (Wildman–Crippen LogP) is 1.07. The SMILES string of the molecule is C[C@H](NC(=O)c1cn[nH]n1)c1ccc2c(c1)OCCO2. The Morgan fingerprint density at radius 2 is 2.15 bits per heavy atom. The van der Waals surface area contributed by atoms with E-state index in [0.29, 0.717) is 19.0 Å². The average Bonchev–Trinajstić information content (AvgIpc) is 3.01. The number of ether oxygens (including phenoxy) is 2. The predicted molar refractivity (Wildman–Crippen MR) is 69.7 cm³/mol. The highest BCUT2D eigenvalue weighted by atomic mass is 16.6. The number of nitrogens with one attached hydrogen (secondary N) is 2. The zero-order valence-corrected chi connectivity index (χ0v) is 10.9. The third-order valence-electron chi connectivity index (χ3n) is 3.06. The van der Waals surface area contributed by atoms with Crippen LogP contribution < -0.4 is 14.8 Å². The van der Waals surface area contributed by atoms with Crippen molar-refractivity contribution in [1.29, 1.82) is 0 Å². The Hall–Kier alpha value is -2.57. The number of carbonyl (C=O) groups is 1. The number of amides is 1. The van der Waals surface area contributed by atoms with Crippen LogP contribution in [-0.4, -0.2) is 34.5 Å². The van der Waals surface area contributed by atoms with Gasteiger partial charge < -0.3 is 14.8 Å². The van der Waals surface area contributed by atoms with Gasteiger partial charge >= 0.3 is 0 Å². The number of hydrogen-bond donors (Lipinski definition) is 2. The summed E-state index contributed by atoms with van der Waals surface area (Å²) in [6.45, 7) is 2.99. The molecule has 0 fully saturated rings. The number of nitrogens with zero attached hydrogens (tertiary/aromatic N) is 2. The van der Waals surface area contributed by atoms with Gasteiger partial charge in [-0.25, -0.2) is 0 Å². The van der Waals surface area contributed by atoms with E-state index in [-0.39, 0.29) is 17.6 Å². The van der Waals surface area contributed by atoms with Gasteiger partial charge in [-0.3, -0.25) is 4.79 Å². The summed E-state index contributed by atoms with van der Waals surface area (Å²) in [6.07, 6.45) is 1.38. The number of aromatic amines is 1. The van der Waals surface area contributed by atoms with Gasteiger partial charge in [0, 0.05) is 0 Å². The second-order valence-electron chi connectivity index (χ2n) is 4.45. The lowest BCUT2D eigenvalue weighted by Gasteiger charge is -2.20. The average molecular weight is 274 g/mol. The molecular weight excluding hydrogens is 260 g/mol. The van der Waals surface area contributed by atoms with E-state index in [1.807, 2.05) is 25.1 Å². The van der Waals surface area contributed by atoms with Crippen molar-refractivity contribution in [3.63, 3.8) is 0 Å². The number of carbonyl (C=O) groups excluding carboxylic acids is 1. The first-order chi connectivity index (χ1) is 9.74. The molecule has 0 aliphatic carbocycles. The van der Waals surface area contributed by atoms with Crippen molar-refractivity contribution in [2.75, 3.05) is 13.2 Å². The number of rotatable bonds is 3. The van der Waals surface area contributed by atoms with Gasteiger partial charge in [-0.1, -0.05) is 6.07 Å². The smallest absolute Gasteiger partial charge is 0.273 e. The van der Waals surface area contributed by atoms with Crippen LogP contribution in [0.4, 0.5) is 0 Å². The van der Waals surface area contributed by atoms with Crippen molar-refractivity contribution < 1.29 is 14.3 Å². The van der Waals surface area contributed by atoms with Gasteiger partial charge in [0.15, 0.2) is 17.2 Å². The molecule has 1 aliphatic heterocycles. The highest BCUT2D eigenvalue weighted by molar-refractivity contribution is 5.92. The monoisotopic (exact) mass is 274 g/mol. The number of H-pyrrole nitrogens is 1. The van der Waals surface area contributed by atoms with Gasteiger partial charge in [0.2, 0.25) is 0 Å². The summed E-state index contributed by atoms with van der Waals surface area (Å²) in [5.74, 6) is 1.16. The van der Waals surface area contributed by atoms with E-state index in [2.05, 4.69) is 20.7 Å². The van der Waals surface area contributed by atoms with Crippen molar-refractivity contribution in [2.24, 2.45) is 0 Å². The summed E-state index contributed by atoms with van der Waals surface area (Å²) in [5.41, 5.74) is 1.19. The molecule has 0 saturated heterocycles. The topological polar surface area (TPSA) is 89.1 Å². The molecule has 20 heavy (non-hydrogen) atoms. The van der Waals surface area contributed by atoms with Crippen LogP contribution >= 0.6 is 0 Å². The van der Waals surface area contributed by atoms with Crippen LogP contribution in [0.1, 0.15) is 29.0 Å². The fraction of sp³-hybridized carbons (Fsp3) is 0.308. The molecule has 7 heteroatoms. The van der Waals surface area contributed by atoms with E-state index >= 15 is 0 Å². The summed E-state index contributed by atoms with van der Waals surface area (Å²) in [7, 11) is 0. The highest BCUT2D eigenvalue weighted by Crippen LogP contribution is 2.32. The third-order valence-corrected chi connectivity index (χ3v) is 3.06. The summed E-state index contributed by atoms with van der Waals surface area (Å²) < 4.78 is 11.0. The Kier molecular flexibility index (Phi) is 3.24. The van der Waals surface area contributed by atoms with E-state index < -0.39 is 0 Å². The molecule has 0 bridgehead atoms. The molecule has 104 valence electrons. The molecule has 1 atom stereocenters. The highest BCUT2D eigenvalue weighted by Gasteiger charge is 2.17. The molecule has 0 saturated carbocycles. The van der Waals surface area contributed by atoms with Gasteiger partial charge in [-0.15, -0.1) is 0 Å². The quantitative estimate of drug-likeness (QED) is 0.873. The number of hydrogen-bond acceptors (Lipinski definition) is 5. The molecule has 7 nitrogen and oxygen atoms in total. The normalized spacial score (nSPS) is 14.7. The summed E-state index contributed by atoms with van der Waals surface area (Å²) in [4.78, 5) is 11.9. The van der Waals surface area contributed by atoms with Gasteiger partial charge in [0.1, 0.15) is 13.2 Å². The van der Waals surface area contributed by atoms with Crippen molar-refractivity contribution in [3.05, 3.63) is 35.7 Å². The van der Waals surface area contributed by atoms with Crippen LogP contribution in [0.15, 0.2) is 24.4 Å². The molecule has 1 aromatic carbocycles. The lowest BCUT2D eigenvalue weighted by molar-refractivity contribution is 0.0934. The molecule has 2 heterocycles. The van der Waals surface area contributed by atoms with Gasteiger partial charge in [-0.2, -0.15) is 15.4 Å². The molecule has 1 amide bonds. The summed E-state index contributed by atoms with van der Waals surface area (Å²) in [5, 5.41) is 12.6. The van der Waals surface area contributed by atoms with Gasteiger partial charge in [0.05, 0.1) is 12.2 Å². The Morgan fingerprint density at radius 1 is 1.35 bits per heavy atom. The molecule has 1 aliphatic rings. The molecule has 0 spiro atoms. The Balaban J connectivity index is 1.74. The largest absolute Gasteiger partial charge is 0.486 e. The van der Waals surface area contributed by atoms with Crippen LogP contribution in [0.2, 0.25) is 0 Å². The maximum Gasteiger partial charge on any atom is 0.273 e. The molecule has 2 N–H and O–H groups in total. The van der Waals surface area contributed by atoms with E-state index in [1.54, 1.807) is 0 Å². The fourth-order valence-corrected chi connectivity index (χ4v) is 1.99. The second-order valence-corrected chi connectivity index (χ2v) is 4.45. The van der Waals surface area contributed by atoms with Crippen LogP contribution in [0.5, 0.6) is 11.5 Å². The van der Waals surface area contributed by atoms with Gasteiger partial charge in [0.25, 0.3) is 5.91 Å². The van der Waals surface area contributed by atoms with Crippen molar-refractivity contribution in [3.8, 4) is 11.5 Å². The van der Waals surface area contributed by atoms with Gasteiger partial charge in [-0.05, 0) is 24.6 Å². The standard InChI is InChI=1S/C13H14N4O3/c1-8(15-13(18)10-7-14-17-16-10)9-2-3-11-12(6-9)20-5-4-19-11/h2-3,6-8H,4-5H2,1H3,(H,15,18)(H,14,16,17)/t8-/m0/s1. The molecule has 1 aromatic heterocycles. The zero-order chi connectivity index (χ0) is 13.9. The van der Waals surface area contributed by atoms with Crippen molar-refractivity contribution in [1.82, 2.24) is 20.7 Å². The van der Waals surface area contributed by atoms with E-state index in [1.165, 1.54) is 6.20 Å². The molecule has 3 rings (SSSR count). The van der Waals surface area contributed by atoms with Crippen molar-refractivity contribution in [2.45, 2.75) is 13.0 Å². The minimum absolute atomic E-state index is 0.171. The Bertz CT molecular complexity index is 612. The van der Waals surface area contributed by atoms with Crippen LogP contribution in [0.25, 0.3) is 0 Å². The van der Waals surface area contributed by atoms with E-state index in [9.17, 15) is 4.79 Å². The van der Waals surface area contributed by atoms with Crippen LogP contribution in [0, 0.1) is 0 Å². The second kappa shape index (κ2) is 5.20. The summed E-state index contributed by atoms with van der Waals surface area (Å²) >= 11 is 0. The number of aromatic nitrogens is 3. The van der Waals surface area contributed by atoms with Crippen LogP contribution in [-0.2, 0) is 0 Å². The lowest BCUT2D eigenvalue weighted by atomic mass is 10.1. The molecule has 0 radical (unpaired) electrons. The minimum Gasteiger partial charge on any atom is -0.486 e. The Labute approximate surface area is 115 Å². The molecule has 2 aromatic rings. The van der Waals surface area contributed by atoms with E-state index in [4.69, 9.17) is 9.47 Å². The number of benzene rings is 1. The number of fused-ring (bicyclic) bond motifs is 1. The summed E-state index contributed by atoms with van der Waals surface area (Å²) in [6, 6.07) is 5.46. The first kappa shape index (κ1) is 12.5. The fourth-order valence-electron chi connectivity index (χ4n) is 1.99. The first-order valence-corrected chi connectivity index (χ1v) is 6.30. The first-order valence-electron chi connectivity index (χ1n) is 6.30. The molecule has 0 unspecified atom stereocenters. The molecular formula is C13H14N4O3. The third kappa shape index (κ3) is 2.42. The van der Waals surface area contributed by atoms with Crippen LogP contribution in [0.3, 0.4) is 0 Å². The maximum atomic E-state index is 11.9. The minimum atomic E-state index is -0.277. The zero-order valence-electron chi connectivity index (χ0n) is 10.9. The Morgan fingerprint density at radius 3 is 2.90 bits per heavy atom.